The van der Waals surface area contributed by atoms with Crippen LogP contribution in [0.3, 0.4) is 0 Å². The smallest absolute Gasteiger partial charge is 0.0674 e. The minimum Gasteiger partial charge on any atom is -0.392 e. The summed E-state index contributed by atoms with van der Waals surface area (Å²) < 4.78 is 0. The van der Waals surface area contributed by atoms with Crippen molar-refractivity contribution in [3.8, 4) is 0 Å². The van der Waals surface area contributed by atoms with E-state index >= 15 is 0 Å². The van der Waals surface area contributed by atoms with Crippen LogP contribution in [0.2, 0.25) is 0 Å². The summed E-state index contributed by atoms with van der Waals surface area (Å²) in [6.45, 7) is 3.67. The second-order valence-corrected chi connectivity index (χ2v) is 4.71. The lowest BCUT2D eigenvalue weighted by molar-refractivity contribution is 0.113. The Morgan fingerprint density at radius 1 is 1.40 bits per heavy atom. The molecular weight excluding hydrogens is 190 g/mol. The van der Waals surface area contributed by atoms with E-state index in [1.165, 1.54) is 12.8 Å². The van der Waals surface area contributed by atoms with Gasteiger partial charge in [-0.3, -0.25) is 0 Å². The Labute approximate surface area is 93.0 Å². The molecule has 0 aromatic heterocycles. The quantitative estimate of drug-likeness (QED) is 0.662. The molecule has 1 heterocycles. The molecule has 0 aliphatic carbocycles. The van der Waals surface area contributed by atoms with Crippen molar-refractivity contribution in [3.05, 3.63) is 0 Å². The topological polar surface area (TPSA) is 52.7 Å². The Hall–Kier alpha value is -0.160. The van der Waals surface area contributed by atoms with E-state index in [0.29, 0.717) is 6.54 Å². The van der Waals surface area contributed by atoms with Gasteiger partial charge >= 0.3 is 0 Å². The number of nitrogens with two attached hydrogens (primary N) is 1. The van der Waals surface area contributed by atoms with Crippen LogP contribution in [-0.4, -0.2) is 67.3 Å². The van der Waals surface area contributed by atoms with E-state index in [0.717, 1.165) is 32.1 Å². The second-order valence-electron chi connectivity index (χ2n) is 4.71. The Balaban J connectivity index is 2.14. The predicted octanol–water partition coefficient (Wildman–Crippen LogP) is -0.278. The standard InChI is InChI=1S/C11H25N3O/c1-13(2)10-3-6-14(7-4-10)8-5-11(15)9-12/h10-11,15H,3-9,12H2,1-2H3. The first-order valence-corrected chi connectivity index (χ1v) is 5.90. The van der Waals surface area contributed by atoms with Gasteiger partial charge in [-0.15, -0.1) is 0 Å². The van der Waals surface area contributed by atoms with Gasteiger partial charge in [-0.2, -0.15) is 0 Å². The van der Waals surface area contributed by atoms with Crippen LogP contribution in [0.5, 0.6) is 0 Å². The van der Waals surface area contributed by atoms with E-state index in [-0.39, 0.29) is 6.10 Å². The Kier molecular flexibility index (Phi) is 5.53. The van der Waals surface area contributed by atoms with E-state index in [4.69, 9.17) is 5.73 Å². The molecule has 1 aliphatic heterocycles. The minimum atomic E-state index is -0.323. The third-order valence-corrected chi connectivity index (χ3v) is 3.34. The Morgan fingerprint density at radius 2 is 2.00 bits per heavy atom. The fourth-order valence-electron chi connectivity index (χ4n) is 2.11. The van der Waals surface area contributed by atoms with Gasteiger partial charge in [0, 0.05) is 19.1 Å². The zero-order chi connectivity index (χ0) is 11.3. The third kappa shape index (κ3) is 4.47. The van der Waals surface area contributed by atoms with Crippen LogP contribution in [0.25, 0.3) is 0 Å². The highest BCUT2D eigenvalue weighted by atomic mass is 16.3. The van der Waals surface area contributed by atoms with E-state index in [1.807, 2.05) is 0 Å². The number of piperidine rings is 1. The van der Waals surface area contributed by atoms with E-state index < -0.39 is 0 Å². The lowest BCUT2D eigenvalue weighted by atomic mass is 10.0. The molecule has 0 spiro atoms. The number of aliphatic hydroxyl groups excluding tert-OH is 1. The van der Waals surface area contributed by atoms with Crippen LogP contribution in [-0.2, 0) is 0 Å². The minimum absolute atomic E-state index is 0.323. The molecule has 3 N–H and O–H groups in total. The third-order valence-electron chi connectivity index (χ3n) is 3.34. The predicted molar refractivity (Wildman–Crippen MR) is 62.8 cm³/mol. The zero-order valence-corrected chi connectivity index (χ0v) is 10.0. The number of rotatable bonds is 5. The van der Waals surface area contributed by atoms with Gasteiger partial charge in [0.25, 0.3) is 0 Å². The molecule has 0 aromatic rings. The van der Waals surface area contributed by atoms with Crippen molar-refractivity contribution in [2.45, 2.75) is 31.4 Å². The van der Waals surface area contributed by atoms with Crippen LogP contribution in [0.4, 0.5) is 0 Å². The maximum Gasteiger partial charge on any atom is 0.0674 e. The van der Waals surface area contributed by atoms with Crippen molar-refractivity contribution >= 4 is 0 Å². The van der Waals surface area contributed by atoms with E-state index in [9.17, 15) is 5.11 Å². The summed E-state index contributed by atoms with van der Waals surface area (Å²) in [5.41, 5.74) is 5.37. The van der Waals surface area contributed by atoms with Crippen molar-refractivity contribution < 1.29 is 5.11 Å². The molecule has 1 aliphatic rings. The summed E-state index contributed by atoms with van der Waals surface area (Å²) in [6, 6.07) is 0.737. The van der Waals surface area contributed by atoms with Crippen molar-refractivity contribution in [1.82, 2.24) is 9.80 Å². The summed E-state index contributed by atoms with van der Waals surface area (Å²) in [7, 11) is 4.30. The highest BCUT2D eigenvalue weighted by molar-refractivity contribution is 4.77. The number of likely N-dealkylation sites (tertiary alicyclic amines) is 1. The van der Waals surface area contributed by atoms with Gasteiger partial charge in [-0.05, 0) is 46.4 Å². The van der Waals surface area contributed by atoms with Gasteiger partial charge in [0.05, 0.1) is 6.10 Å². The zero-order valence-electron chi connectivity index (χ0n) is 10.0. The molecule has 90 valence electrons. The van der Waals surface area contributed by atoms with Crippen molar-refractivity contribution in [2.75, 3.05) is 40.3 Å². The summed E-state index contributed by atoms with van der Waals surface area (Å²) in [5.74, 6) is 0. The van der Waals surface area contributed by atoms with Gasteiger partial charge in [0.15, 0.2) is 0 Å². The highest BCUT2D eigenvalue weighted by Crippen LogP contribution is 2.14. The summed E-state index contributed by atoms with van der Waals surface area (Å²) in [5, 5.41) is 9.37. The van der Waals surface area contributed by atoms with Gasteiger partial charge in [0.1, 0.15) is 0 Å². The summed E-state index contributed by atoms with van der Waals surface area (Å²) in [4.78, 5) is 4.74. The molecule has 15 heavy (non-hydrogen) atoms. The van der Waals surface area contributed by atoms with Gasteiger partial charge in [-0.25, -0.2) is 0 Å². The second kappa shape index (κ2) is 6.43. The van der Waals surface area contributed by atoms with Crippen molar-refractivity contribution in [3.63, 3.8) is 0 Å². The Morgan fingerprint density at radius 3 is 2.47 bits per heavy atom. The number of aliphatic hydroxyl groups is 1. The maximum atomic E-state index is 9.37. The Bertz CT molecular complexity index is 167. The SMILES string of the molecule is CN(C)C1CCN(CCC(O)CN)CC1. The molecule has 1 saturated heterocycles. The van der Waals surface area contributed by atoms with Crippen molar-refractivity contribution in [2.24, 2.45) is 5.73 Å². The normalized spacial score (nSPS) is 22.2. The molecule has 4 heteroatoms. The monoisotopic (exact) mass is 215 g/mol. The fraction of sp³-hybridized carbons (Fsp3) is 1.00. The molecular formula is C11H25N3O. The fourth-order valence-corrected chi connectivity index (χ4v) is 2.11. The van der Waals surface area contributed by atoms with E-state index in [2.05, 4.69) is 23.9 Å². The number of hydrogen-bond acceptors (Lipinski definition) is 4. The molecule has 1 unspecified atom stereocenters. The lowest BCUT2D eigenvalue weighted by Crippen LogP contribution is -2.43. The summed E-state index contributed by atoms with van der Waals surface area (Å²) >= 11 is 0. The van der Waals surface area contributed by atoms with E-state index in [1.54, 1.807) is 0 Å². The first kappa shape index (κ1) is 12.9. The van der Waals surface area contributed by atoms with Crippen molar-refractivity contribution in [1.29, 1.82) is 0 Å². The molecule has 1 rings (SSSR count). The highest BCUT2D eigenvalue weighted by Gasteiger charge is 2.20. The average Bonchev–Trinajstić information content (AvgIpc) is 2.26. The molecule has 0 bridgehead atoms. The molecule has 0 amide bonds. The molecule has 1 fully saturated rings. The molecule has 0 aromatic carbocycles. The molecule has 0 radical (unpaired) electrons. The van der Waals surface area contributed by atoms with Crippen LogP contribution < -0.4 is 5.73 Å². The largest absolute Gasteiger partial charge is 0.392 e. The molecule has 0 saturated carbocycles. The van der Waals surface area contributed by atoms with Gasteiger partial charge < -0.3 is 20.6 Å². The molecule has 1 atom stereocenters. The lowest BCUT2D eigenvalue weighted by Gasteiger charge is -2.35. The van der Waals surface area contributed by atoms with Gasteiger partial charge in [-0.1, -0.05) is 0 Å². The maximum absolute atomic E-state index is 9.37. The number of nitrogens with zero attached hydrogens (tertiary/aromatic N) is 2. The van der Waals surface area contributed by atoms with Crippen LogP contribution in [0.1, 0.15) is 19.3 Å². The van der Waals surface area contributed by atoms with Gasteiger partial charge in [0.2, 0.25) is 0 Å². The van der Waals surface area contributed by atoms with Crippen LogP contribution in [0.15, 0.2) is 0 Å². The number of hydrogen-bond donors (Lipinski definition) is 2. The van der Waals surface area contributed by atoms with Crippen LogP contribution in [0, 0.1) is 0 Å². The summed E-state index contributed by atoms with van der Waals surface area (Å²) in [6.07, 6.45) is 2.97. The first-order chi connectivity index (χ1) is 7.13. The average molecular weight is 215 g/mol. The molecule has 4 nitrogen and oxygen atoms in total. The van der Waals surface area contributed by atoms with Crippen LogP contribution >= 0.6 is 0 Å². The first-order valence-electron chi connectivity index (χ1n) is 5.90.